The molecule has 3 aromatic rings. The molecule has 0 unspecified atom stereocenters. The molecule has 31 heavy (non-hydrogen) atoms. The maximum absolute atomic E-state index is 12.3. The molecule has 1 aromatic heterocycles. The Hall–Kier alpha value is -3.59. The van der Waals surface area contributed by atoms with E-state index in [9.17, 15) is 4.79 Å². The van der Waals surface area contributed by atoms with E-state index in [-0.39, 0.29) is 5.91 Å². The van der Waals surface area contributed by atoms with Crippen LogP contribution in [0, 0.1) is 0 Å². The van der Waals surface area contributed by atoms with Crippen molar-refractivity contribution in [3.63, 3.8) is 0 Å². The maximum atomic E-state index is 12.3. The first-order valence-corrected chi connectivity index (χ1v) is 10.4. The number of anilines is 1. The summed E-state index contributed by atoms with van der Waals surface area (Å²) in [5, 5.41) is 15.5. The van der Waals surface area contributed by atoms with Gasteiger partial charge in [0.15, 0.2) is 0 Å². The van der Waals surface area contributed by atoms with E-state index in [0.717, 1.165) is 49.7 Å². The summed E-state index contributed by atoms with van der Waals surface area (Å²) in [5.41, 5.74) is 6.38. The van der Waals surface area contributed by atoms with Crippen molar-refractivity contribution in [1.29, 1.82) is 0 Å². The molecule has 1 fully saturated rings. The average molecular weight is 419 g/mol. The van der Waals surface area contributed by atoms with Crippen molar-refractivity contribution in [3.8, 4) is 5.69 Å². The number of piperazine rings is 1. The van der Waals surface area contributed by atoms with Crippen LogP contribution in [-0.4, -0.2) is 69.4 Å². The lowest BCUT2D eigenvalue weighted by molar-refractivity contribution is -0.121. The summed E-state index contributed by atoms with van der Waals surface area (Å²) in [6.07, 6.45) is 1.96. The Morgan fingerprint density at radius 1 is 1.03 bits per heavy atom. The molecule has 2 heterocycles. The fourth-order valence-corrected chi connectivity index (χ4v) is 3.55. The van der Waals surface area contributed by atoms with Gasteiger partial charge in [-0.15, -0.1) is 5.10 Å². The number of carbonyl (C=O) groups excluding carboxylic acids is 1. The van der Waals surface area contributed by atoms with Crippen LogP contribution in [0.5, 0.6) is 0 Å². The van der Waals surface area contributed by atoms with Crippen LogP contribution in [0.4, 0.5) is 5.69 Å². The number of para-hydroxylation sites is 1. The third-order valence-electron chi connectivity index (χ3n) is 5.37. The molecule has 160 valence electrons. The molecule has 1 saturated heterocycles. The third-order valence-corrected chi connectivity index (χ3v) is 5.37. The number of aromatic nitrogens is 4. The number of rotatable bonds is 7. The first-order valence-electron chi connectivity index (χ1n) is 10.4. The highest BCUT2D eigenvalue weighted by Crippen LogP contribution is 2.15. The van der Waals surface area contributed by atoms with Crippen LogP contribution in [0.3, 0.4) is 0 Å². The van der Waals surface area contributed by atoms with Gasteiger partial charge in [-0.25, -0.2) is 10.1 Å². The van der Waals surface area contributed by atoms with E-state index in [1.165, 1.54) is 12.0 Å². The lowest BCUT2D eigenvalue weighted by Crippen LogP contribution is -2.47. The Kier molecular flexibility index (Phi) is 6.63. The molecule has 9 nitrogen and oxygen atoms in total. The van der Waals surface area contributed by atoms with Crippen molar-refractivity contribution in [2.75, 3.05) is 37.6 Å². The van der Waals surface area contributed by atoms with Gasteiger partial charge in [0.25, 0.3) is 0 Å². The summed E-state index contributed by atoms with van der Waals surface area (Å²) in [6.45, 7) is 6.45. The minimum absolute atomic E-state index is 0.0820. The number of tetrazole rings is 1. The number of hydrogen-bond acceptors (Lipinski definition) is 7. The average Bonchev–Trinajstić information content (AvgIpc) is 3.37. The molecule has 1 aliphatic heterocycles. The fourth-order valence-electron chi connectivity index (χ4n) is 3.55. The van der Waals surface area contributed by atoms with E-state index in [2.05, 4.69) is 60.1 Å². The molecule has 1 aliphatic rings. The molecule has 0 saturated carbocycles. The summed E-state index contributed by atoms with van der Waals surface area (Å²) >= 11 is 0. The molecule has 0 radical (unpaired) electrons. The summed E-state index contributed by atoms with van der Waals surface area (Å²) in [6, 6.07) is 18.1. The predicted molar refractivity (Wildman–Crippen MR) is 119 cm³/mol. The predicted octanol–water partition coefficient (Wildman–Crippen LogP) is 1.71. The summed E-state index contributed by atoms with van der Waals surface area (Å²) in [7, 11) is 0. The quantitative estimate of drug-likeness (QED) is 0.464. The van der Waals surface area contributed by atoms with Crippen LogP contribution in [0.15, 0.2) is 66.0 Å². The van der Waals surface area contributed by atoms with Crippen LogP contribution in [-0.2, 0) is 4.79 Å². The standard InChI is InChI=1S/C22H26N8O/c1-18(19-6-5-9-21(16-19)30-17-23-26-27-30)24-25-22(31)10-11-28-12-14-29(15-13-28)20-7-3-2-4-8-20/h2-9,16-17H,10-15H2,1H3,(H,25,31)/b24-18+. The van der Waals surface area contributed by atoms with Crippen molar-refractivity contribution in [2.45, 2.75) is 13.3 Å². The normalized spacial score (nSPS) is 15.1. The molecule has 9 heteroatoms. The molecule has 4 rings (SSSR count). The summed E-state index contributed by atoms with van der Waals surface area (Å²) in [4.78, 5) is 17.0. The van der Waals surface area contributed by atoms with Crippen LogP contribution in [0.1, 0.15) is 18.9 Å². The largest absolute Gasteiger partial charge is 0.369 e. The van der Waals surface area contributed by atoms with E-state index in [0.29, 0.717) is 6.42 Å². The molecular weight excluding hydrogens is 392 g/mol. The van der Waals surface area contributed by atoms with Gasteiger partial charge in [0.1, 0.15) is 6.33 Å². The van der Waals surface area contributed by atoms with Crippen molar-refractivity contribution in [1.82, 2.24) is 30.5 Å². The number of nitrogens with zero attached hydrogens (tertiary/aromatic N) is 7. The van der Waals surface area contributed by atoms with Crippen molar-refractivity contribution < 1.29 is 4.79 Å². The van der Waals surface area contributed by atoms with Crippen molar-refractivity contribution >= 4 is 17.3 Å². The monoisotopic (exact) mass is 418 g/mol. The Morgan fingerprint density at radius 3 is 2.55 bits per heavy atom. The zero-order chi connectivity index (χ0) is 21.5. The highest BCUT2D eigenvalue weighted by molar-refractivity contribution is 5.99. The maximum Gasteiger partial charge on any atom is 0.241 e. The second kappa shape index (κ2) is 9.94. The zero-order valence-corrected chi connectivity index (χ0v) is 17.6. The van der Waals surface area contributed by atoms with E-state index in [1.807, 2.05) is 37.3 Å². The van der Waals surface area contributed by atoms with Crippen LogP contribution < -0.4 is 10.3 Å². The number of nitrogens with one attached hydrogen (secondary N) is 1. The smallest absolute Gasteiger partial charge is 0.241 e. The second-order valence-corrected chi connectivity index (χ2v) is 7.45. The van der Waals surface area contributed by atoms with Gasteiger partial charge in [-0.05, 0) is 47.2 Å². The topological polar surface area (TPSA) is 91.5 Å². The highest BCUT2D eigenvalue weighted by atomic mass is 16.2. The van der Waals surface area contributed by atoms with Gasteiger partial charge in [-0.3, -0.25) is 9.69 Å². The fraction of sp³-hybridized carbons (Fsp3) is 0.318. The van der Waals surface area contributed by atoms with Gasteiger partial charge in [0, 0.05) is 44.8 Å². The molecular formula is C22H26N8O. The van der Waals surface area contributed by atoms with Crippen LogP contribution in [0.2, 0.25) is 0 Å². The number of amides is 1. The molecule has 2 aromatic carbocycles. The second-order valence-electron chi connectivity index (χ2n) is 7.45. The van der Waals surface area contributed by atoms with Crippen LogP contribution in [0.25, 0.3) is 5.69 Å². The van der Waals surface area contributed by atoms with Gasteiger partial charge in [-0.1, -0.05) is 30.3 Å². The van der Waals surface area contributed by atoms with E-state index in [4.69, 9.17) is 0 Å². The molecule has 0 bridgehead atoms. The van der Waals surface area contributed by atoms with Gasteiger partial charge in [0.05, 0.1) is 11.4 Å². The Bertz CT molecular complexity index is 1010. The minimum Gasteiger partial charge on any atom is -0.369 e. The van der Waals surface area contributed by atoms with Gasteiger partial charge < -0.3 is 4.90 Å². The van der Waals surface area contributed by atoms with Gasteiger partial charge in [0.2, 0.25) is 5.91 Å². The SMILES string of the molecule is C/C(=N\NC(=O)CCN1CCN(c2ccccc2)CC1)c1cccc(-n2cnnn2)c1. The summed E-state index contributed by atoms with van der Waals surface area (Å²) in [5.74, 6) is -0.0820. The van der Waals surface area contributed by atoms with Gasteiger partial charge in [-0.2, -0.15) is 5.10 Å². The lowest BCUT2D eigenvalue weighted by atomic mass is 10.1. The Labute approximate surface area is 181 Å². The highest BCUT2D eigenvalue weighted by Gasteiger charge is 2.17. The van der Waals surface area contributed by atoms with E-state index < -0.39 is 0 Å². The number of carbonyl (C=O) groups is 1. The molecule has 1 amide bonds. The van der Waals surface area contributed by atoms with E-state index in [1.54, 1.807) is 4.68 Å². The molecule has 1 N–H and O–H groups in total. The lowest BCUT2D eigenvalue weighted by Gasteiger charge is -2.36. The first-order chi connectivity index (χ1) is 15.2. The number of hydrazone groups is 1. The van der Waals surface area contributed by atoms with Crippen molar-refractivity contribution in [3.05, 3.63) is 66.5 Å². The molecule has 0 spiro atoms. The van der Waals surface area contributed by atoms with Gasteiger partial charge >= 0.3 is 0 Å². The summed E-state index contributed by atoms with van der Waals surface area (Å²) < 4.78 is 1.58. The number of benzene rings is 2. The number of hydrogen-bond donors (Lipinski definition) is 1. The zero-order valence-electron chi connectivity index (χ0n) is 17.6. The van der Waals surface area contributed by atoms with Crippen LogP contribution >= 0.6 is 0 Å². The Balaban J connectivity index is 1.23. The third kappa shape index (κ3) is 5.52. The van der Waals surface area contributed by atoms with Crippen molar-refractivity contribution in [2.24, 2.45) is 5.10 Å². The molecule has 0 aliphatic carbocycles. The molecule has 0 atom stereocenters. The first kappa shape index (κ1) is 20.7. The van der Waals surface area contributed by atoms with E-state index >= 15 is 0 Å². The minimum atomic E-state index is -0.0820. The Morgan fingerprint density at radius 2 is 1.81 bits per heavy atom.